The molecule has 1 aromatic heterocycles. The molecule has 0 saturated carbocycles. The summed E-state index contributed by atoms with van der Waals surface area (Å²) in [6.45, 7) is 2.82. The Morgan fingerprint density at radius 3 is 2.95 bits per heavy atom. The highest BCUT2D eigenvalue weighted by Gasteiger charge is 2.17. The van der Waals surface area contributed by atoms with Gasteiger partial charge in [-0.2, -0.15) is 0 Å². The molecule has 0 amide bonds. The third-order valence-electron chi connectivity index (χ3n) is 3.94. The minimum Gasteiger partial charge on any atom is -0.330 e. The number of aromatic nitrogens is 2. The largest absolute Gasteiger partial charge is 0.330 e. The van der Waals surface area contributed by atoms with Gasteiger partial charge in [0.1, 0.15) is 0 Å². The van der Waals surface area contributed by atoms with Crippen molar-refractivity contribution in [3.05, 3.63) is 47.0 Å². The summed E-state index contributed by atoms with van der Waals surface area (Å²) in [5.41, 5.74) is 12.3. The summed E-state index contributed by atoms with van der Waals surface area (Å²) >= 11 is 0. The van der Waals surface area contributed by atoms with E-state index < -0.39 is 0 Å². The standard InChI is InChI=1S/C16H21N3/c1-12-6-7-15(13(10-12)8-9-17)19-11-18-14-4-2-3-5-16(14)19/h6-7,10-11H,2-5,8-9,17H2,1H3. The van der Waals surface area contributed by atoms with Crippen LogP contribution in [0, 0.1) is 6.92 Å². The van der Waals surface area contributed by atoms with E-state index in [9.17, 15) is 0 Å². The van der Waals surface area contributed by atoms with Gasteiger partial charge in [0.05, 0.1) is 17.7 Å². The molecule has 0 radical (unpaired) electrons. The third kappa shape index (κ3) is 2.30. The highest BCUT2D eigenvalue weighted by Crippen LogP contribution is 2.25. The van der Waals surface area contributed by atoms with Gasteiger partial charge in [-0.25, -0.2) is 4.98 Å². The second-order valence-corrected chi connectivity index (χ2v) is 5.39. The number of imidazole rings is 1. The van der Waals surface area contributed by atoms with E-state index in [2.05, 4.69) is 34.7 Å². The van der Waals surface area contributed by atoms with Gasteiger partial charge < -0.3 is 10.3 Å². The molecule has 1 aliphatic rings. The van der Waals surface area contributed by atoms with Crippen molar-refractivity contribution in [2.24, 2.45) is 5.73 Å². The van der Waals surface area contributed by atoms with Gasteiger partial charge in [-0.05, 0) is 57.2 Å². The summed E-state index contributed by atoms with van der Waals surface area (Å²) in [5, 5.41) is 0. The molecule has 0 spiro atoms. The Bertz CT molecular complexity index is 584. The fourth-order valence-corrected chi connectivity index (χ4v) is 2.98. The maximum Gasteiger partial charge on any atom is 0.0997 e. The van der Waals surface area contributed by atoms with Crippen LogP contribution < -0.4 is 5.73 Å². The lowest BCUT2D eigenvalue weighted by atomic mass is 10.00. The van der Waals surface area contributed by atoms with Crippen LogP contribution in [0.1, 0.15) is 35.4 Å². The number of benzene rings is 1. The lowest BCUT2D eigenvalue weighted by Crippen LogP contribution is -2.10. The van der Waals surface area contributed by atoms with E-state index in [-0.39, 0.29) is 0 Å². The number of rotatable bonds is 3. The summed E-state index contributed by atoms with van der Waals surface area (Å²) in [6.07, 6.45) is 7.72. The molecule has 100 valence electrons. The smallest absolute Gasteiger partial charge is 0.0997 e. The highest BCUT2D eigenvalue weighted by atomic mass is 15.1. The Morgan fingerprint density at radius 2 is 2.11 bits per heavy atom. The van der Waals surface area contributed by atoms with Crippen LogP contribution in [0.4, 0.5) is 0 Å². The first-order valence-electron chi connectivity index (χ1n) is 7.14. The first-order valence-corrected chi connectivity index (χ1v) is 7.14. The van der Waals surface area contributed by atoms with Crippen molar-refractivity contribution in [1.29, 1.82) is 0 Å². The van der Waals surface area contributed by atoms with Crippen molar-refractivity contribution >= 4 is 0 Å². The fourth-order valence-electron chi connectivity index (χ4n) is 2.98. The van der Waals surface area contributed by atoms with Crippen molar-refractivity contribution in [2.75, 3.05) is 6.54 Å². The fraction of sp³-hybridized carbons (Fsp3) is 0.438. The van der Waals surface area contributed by atoms with Gasteiger partial charge in [-0.15, -0.1) is 0 Å². The summed E-state index contributed by atoms with van der Waals surface area (Å²) < 4.78 is 2.28. The number of hydrogen-bond donors (Lipinski definition) is 1. The maximum absolute atomic E-state index is 5.75. The van der Waals surface area contributed by atoms with Crippen LogP contribution in [0.15, 0.2) is 24.5 Å². The van der Waals surface area contributed by atoms with Gasteiger partial charge in [0.2, 0.25) is 0 Å². The molecule has 1 aromatic carbocycles. The number of hydrogen-bond acceptors (Lipinski definition) is 2. The van der Waals surface area contributed by atoms with Crippen molar-refractivity contribution in [2.45, 2.75) is 39.0 Å². The van der Waals surface area contributed by atoms with Crippen LogP contribution >= 0.6 is 0 Å². The van der Waals surface area contributed by atoms with Crippen molar-refractivity contribution in [1.82, 2.24) is 9.55 Å². The first-order chi connectivity index (χ1) is 9.29. The quantitative estimate of drug-likeness (QED) is 0.916. The SMILES string of the molecule is Cc1ccc(-n2cnc3c2CCCC3)c(CCN)c1. The van der Waals surface area contributed by atoms with Crippen LogP contribution in [0.5, 0.6) is 0 Å². The van der Waals surface area contributed by atoms with E-state index in [0.29, 0.717) is 6.54 Å². The van der Waals surface area contributed by atoms with Crippen LogP contribution in [-0.2, 0) is 19.3 Å². The summed E-state index contributed by atoms with van der Waals surface area (Å²) in [7, 11) is 0. The average molecular weight is 255 g/mol. The monoisotopic (exact) mass is 255 g/mol. The average Bonchev–Trinajstić information content (AvgIpc) is 2.83. The normalized spacial score (nSPS) is 14.4. The van der Waals surface area contributed by atoms with Gasteiger partial charge in [-0.3, -0.25) is 0 Å². The Morgan fingerprint density at radius 1 is 1.26 bits per heavy atom. The summed E-state index contributed by atoms with van der Waals surface area (Å²) in [6, 6.07) is 6.62. The lowest BCUT2D eigenvalue weighted by Gasteiger charge is -2.17. The van der Waals surface area contributed by atoms with E-state index in [1.54, 1.807) is 0 Å². The van der Waals surface area contributed by atoms with E-state index >= 15 is 0 Å². The zero-order valence-electron chi connectivity index (χ0n) is 11.5. The molecule has 0 unspecified atom stereocenters. The molecule has 2 aromatic rings. The Kier molecular flexibility index (Phi) is 3.38. The van der Waals surface area contributed by atoms with Crippen LogP contribution in [0.3, 0.4) is 0 Å². The van der Waals surface area contributed by atoms with E-state index in [4.69, 9.17) is 5.73 Å². The van der Waals surface area contributed by atoms with Crippen LogP contribution in [0.2, 0.25) is 0 Å². The zero-order valence-corrected chi connectivity index (χ0v) is 11.5. The Labute approximate surface area is 114 Å². The minimum atomic E-state index is 0.688. The minimum absolute atomic E-state index is 0.688. The molecule has 2 N–H and O–H groups in total. The molecule has 3 rings (SSSR count). The molecule has 0 bridgehead atoms. The van der Waals surface area contributed by atoms with Gasteiger partial charge in [-0.1, -0.05) is 17.7 Å². The molecular formula is C16H21N3. The Balaban J connectivity index is 2.08. The van der Waals surface area contributed by atoms with Gasteiger partial charge in [0, 0.05) is 5.69 Å². The third-order valence-corrected chi connectivity index (χ3v) is 3.94. The molecule has 3 heteroatoms. The number of aryl methyl sites for hydroxylation is 2. The molecule has 0 saturated heterocycles. The number of nitrogens with two attached hydrogens (primary N) is 1. The molecule has 0 aliphatic heterocycles. The topological polar surface area (TPSA) is 43.8 Å². The molecule has 1 heterocycles. The second kappa shape index (κ2) is 5.17. The van der Waals surface area contributed by atoms with Gasteiger partial charge >= 0.3 is 0 Å². The van der Waals surface area contributed by atoms with Crippen LogP contribution in [-0.4, -0.2) is 16.1 Å². The van der Waals surface area contributed by atoms with Crippen molar-refractivity contribution < 1.29 is 0 Å². The number of nitrogens with zero attached hydrogens (tertiary/aromatic N) is 2. The second-order valence-electron chi connectivity index (χ2n) is 5.39. The predicted octanol–water partition coefficient (Wildman–Crippen LogP) is 2.56. The maximum atomic E-state index is 5.75. The molecule has 0 atom stereocenters. The lowest BCUT2D eigenvalue weighted by molar-refractivity contribution is 0.655. The first kappa shape index (κ1) is 12.4. The predicted molar refractivity (Wildman–Crippen MR) is 77.7 cm³/mol. The summed E-state index contributed by atoms with van der Waals surface area (Å²) in [5.74, 6) is 0. The van der Waals surface area contributed by atoms with Crippen LogP contribution in [0.25, 0.3) is 5.69 Å². The molecule has 19 heavy (non-hydrogen) atoms. The van der Waals surface area contributed by atoms with Gasteiger partial charge in [0.25, 0.3) is 0 Å². The summed E-state index contributed by atoms with van der Waals surface area (Å²) in [4.78, 5) is 4.59. The van der Waals surface area contributed by atoms with E-state index in [1.165, 1.54) is 41.0 Å². The molecule has 3 nitrogen and oxygen atoms in total. The number of fused-ring (bicyclic) bond motifs is 1. The van der Waals surface area contributed by atoms with Crippen molar-refractivity contribution in [3.8, 4) is 5.69 Å². The highest BCUT2D eigenvalue weighted by molar-refractivity contribution is 5.45. The molecule has 1 aliphatic carbocycles. The van der Waals surface area contributed by atoms with E-state index in [1.807, 2.05) is 6.33 Å². The van der Waals surface area contributed by atoms with Gasteiger partial charge in [0.15, 0.2) is 0 Å². The zero-order chi connectivity index (χ0) is 13.2. The van der Waals surface area contributed by atoms with E-state index in [0.717, 1.165) is 19.3 Å². The molecule has 0 fully saturated rings. The van der Waals surface area contributed by atoms with Crippen molar-refractivity contribution in [3.63, 3.8) is 0 Å². The molecular weight excluding hydrogens is 234 g/mol. The Hall–Kier alpha value is -1.61.